The molecule has 0 heterocycles. The zero-order valence-electron chi connectivity index (χ0n) is 10.6. The van der Waals surface area contributed by atoms with Gasteiger partial charge >= 0.3 is 0 Å². The van der Waals surface area contributed by atoms with Gasteiger partial charge in [0, 0.05) is 12.0 Å². The van der Waals surface area contributed by atoms with E-state index in [4.69, 9.17) is 11.1 Å². The topological polar surface area (TPSA) is 96.0 Å². The first-order valence-electron chi connectivity index (χ1n) is 6.12. The Balaban J connectivity index is 2.22. The van der Waals surface area contributed by atoms with Crippen LogP contribution in [-0.2, 0) is 10.0 Å². The zero-order chi connectivity index (χ0) is 14.9. The van der Waals surface area contributed by atoms with Gasteiger partial charge in [0.25, 0.3) is 0 Å². The Morgan fingerprint density at radius 1 is 1.30 bits per heavy atom. The normalized spacial score (nSPS) is 22.9. The number of benzene rings is 1. The number of halogens is 2. The summed E-state index contributed by atoms with van der Waals surface area (Å²) in [6.45, 7) is 0. The Morgan fingerprint density at radius 2 is 2.00 bits per heavy atom. The first-order chi connectivity index (χ1) is 9.31. The molecule has 2 unspecified atom stereocenters. The lowest BCUT2D eigenvalue weighted by molar-refractivity contribution is 0.501. The highest BCUT2D eigenvalue weighted by molar-refractivity contribution is 7.89. The minimum absolute atomic E-state index is 0.0690. The van der Waals surface area contributed by atoms with Crippen molar-refractivity contribution in [2.75, 3.05) is 0 Å². The molecule has 1 saturated carbocycles. The van der Waals surface area contributed by atoms with Gasteiger partial charge in [0.05, 0.1) is 10.7 Å². The fourth-order valence-electron chi connectivity index (χ4n) is 2.38. The van der Waals surface area contributed by atoms with Gasteiger partial charge in [-0.2, -0.15) is 0 Å². The van der Waals surface area contributed by atoms with Crippen LogP contribution in [0, 0.1) is 23.0 Å². The van der Waals surface area contributed by atoms with E-state index in [-0.39, 0.29) is 16.6 Å². The molecule has 2 rings (SSSR count). The summed E-state index contributed by atoms with van der Waals surface area (Å²) in [5.74, 6) is -2.75. The van der Waals surface area contributed by atoms with Crippen LogP contribution in [0.1, 0.15) is 19.3 Å². The lowest BCUT2D eigenvalue weighted by atomic mass is 10.0. The summed E-state index contributed by atoms with van der Waals surface area (Å²) >= 11 is 0. The lowest BCUT2D eigenvalue weighted by Gasteiger charge is -2.19. The first-order valence-corrected chi connectivity index (χ1v) is 7.61. The lowest BCUT2D eigenvalue weighted by Crippen LogP contribution is -2.42. The van der Waals surface area contributed by atoms with Gasteiger partial charge < -0.3 is 5.73 Å². The van der Waals surface area contributed by atoms with Gasteiger partial charge in [0.1, 0.15) is 0 Å². The number of nitrogens with one attached hydrogen (secondary N) is 2. The van der Waals surface area contributed by atoms with Crippen LogP contribution in [0.3, 0.4) is 0 Å². The maximum absolute atomic E-state index is 13.1. The first kappa shape index (κ1) is 14.9. The van der Waals surface area contributed by atoms with Crippen molar-refractivity contribution < 1.29 is 17.2 Å². The minimum Gasteiger partial charge on any atom is -0.387 e. The van der Waals surface area contributed by atoms with Crippen molar-refractivity contribution in [3.05, 3.63) is 29.8 Å². The van der Waals surface area contributed by atoms with E-state index in [0.717, 1.165) is 18.6 Å². The van der Waals surface area contributed by atoms with Crippen molar-refractivity contribution in [2.45, 2.75) is 30.2 Å². The molecular formula is C12H15F2N3O2S. The predicted octanol–water partition coefficient (Wildman–Crippen LogP) is 1.35. The van der Waals surface area contributed by atoms with Crippen LogP contribution in [-0.4, -0.2) is 20.3 Å². The zero-order valence-corrected chi connectivity index (χ0v) is 11.4. The molecule has 0 saturated heterocycles. The second kappa shape index (κ2) is 5.45. The summed E-state index contributed by atoms with van der Waals surface area (Å²) in [7, 11) is -3.96. The van der Waals surface area contributed by atoms with Gasteiger partial charge in [0.15, 0.2) is 11.6 Å². The molecule has 8 heteroatoms. The third-order valence-electron chi connectivity index (χ3n) is 3.42. The Kier molecular flexibility index (Phi) is 4.05. The van der Waals surface area contributed by atoms with Crippen LogP contribution < -0.4 is 10.5 Å². The molecule has 4 N–H and O–H groups in total. The fourth-order valence-corrected chi connectivity index (χ4v) is 3.71. The molecule has 0 bridgehead atoms. The Morgan fingerprint density at radius 3 is 2.60 bits per heavy atom. The molecule has 20 heavy (non-hydrogen) atoms. The largest absolute Gasteiger partial charge is 0.387 e. The highest BCUT2D eigenvalue weighted by atomic mass is 32.2. The summed E-state index contributed by atoms with van der Waals surface area (Å²) < 4.78 is 52.6. The average Bonchev–Trinajstić information content (AvgIpc) is 2.80. The summed E-state index contributed by atoms with van der Waals surface area (Å²) in [6.07, 6.45) is 1.96. The number of rotatable bonds is 4. The molecule has 0 aliphatic heterocycles. The third-order valence-corrected chi connectivity index (χ3v) is 4.91. The number of sulfonamides is 1. The number of nitrogens with two attached hydrogens (primary N) is 1. The molecule has 0 radical (unpaired) electrons. The monoisotopic (exact) mass is 303 g/mol. The SMILES string of the molecule is N=C(N)C1CCCC1NS(=O)(=O)c1ccc(F)c(F)c1. The maximum atomic E-state index is 13.1. The summed E-state index contributed by atoms with van der Waals surface area (Å²) in [6, 6.07) is 1.92. The molecule has 1 aromatic rings. The van der Waals surface area contributed by atoms with Crippen molar-refractivity contribution in [2.24, 2.45) is 11.7 Å². The molecule has 5 nitrogen and oxygen atoms in total. The van der Waals surface area contributed by atoms with E-state index in [1.165, 1.54) is 0 Å². The molecule has 1 aromatic carbocycles. The van der Waals surface area contributed by atoms with E-state index in [1.54, 1.807) is 0 Å². The second-order valence-corrected chi connectivity index (χ2v) is 6.51. The van der Waals surface area contributed by atoms with Gasteiger partial charge in [-0.1, -0.05) is 6.42 Å². The predicted molar refractivity (Wildman–Crippen MR) is 69.7 cm³/mol. The van der Waals surface area contributed by atoms with E-state index in [1.807, 2.05) is 0 Å². The van der Waals surface area contributed by atoms with E-state index in [9.17, 15) is 17.2 Å². The Bertz CT molecular complexity index is 634. The van der Waals surface area contributed by atoms with Crippen LogP contribution in [0.4, 0.5) is 8.78 Å². The number of hydrogen-bond acceptors (Lipinski definition) is 3. The molecule has 110 valence electrons. The quantitative estimate of drug-likeness (QED) is 0.578. The summed E-state index contributed by atoms with van der Waals surface area (Å²) in [4.78, 5) is -0.342. The van der Waals surface area contributed by atoms with Gasteiger partial charge in [-0.05, 0) is 31.0 Å². The van der Waals surface area contributed by atoms with Crippen LogP contribution in [0.15, 0.2) is 23.1 Å². The standard InChI is InChI=1S/C12H15F2N3O2S/c13-9-5-4-7(6-10(9)14)20(18,19)17-11-3-1-2-8(11)12(15)16/h4-6,8,11,17H,1-3H2,(H3,15,16). The van der Waals surface area contributed by atoms with Crippen LogP contribution in [0.5, 0.6) is 0 Å². The fraction of sp³-hybridized carbons (Fsp3) is 0.417. The smallest absolute Gasteiger partial charge is 0.240 e. The van der Waals surface area contributed by atoms with Crippen molar-refractivity contribution in [3.63, 3.8) is 0 Å². The minimum atomic E-state index is -3.96. The Labute approximate surface area is 115 Å². The second-order valence-electron chi connectivity index (χ2n) is 4.80. The highest BCUT2D eigenvalue weighted by Gasteiger charge is 2.33. The average molecular weight is 303 g/mol. The Hall–Kier alpha value is -1.54. The van der Waals surface area contributed by atoms with E-state index in [0.29, 0.717) is 18.9 Å². The van der Waals surface area contributed by atoms with E-state index >= 15 is 0 Å². The maximum Gasteiger partial charge on any atom is 0.240 e. The van der Waals surface area contributed by atoms with E-state index < -0.39 is 27.7 Å². The van der Waals surface area contributed by atoms with Gasteiger partial charge in [0.2, 0.25) is 10.0 Å². The summed E-state index contributed by atoms with van der Waals surface area (Å²) in [5.41, 5.74) is 5.43. The molecule has 0 aromatic heterocycles. The molecule has 0 amide bonds. The highest BCUT2D eigenvalue weighted by Crippen LogP contribution is 2.27. The van der Waals surface area contributed by atoms with Gasteiger partial charge in [-0.25, -0.2) is 21.9 Å². The molecular weight excluding hydrogens is 288 g/mol. The molecule has 1 fully saturated rings. The van der Waals surface area contributed by atoms with E-state index in [2.05, 4.69) is 4.72 Å². The molecule has 1 aliphatic rings. The van der Waals surface area contributed by atoms with Gasteiger partial charge in [-0.3, -0.25) is 5.41 Å². The molecule has 1 aliphatic carbocycles. The van der Waals surface area contributed by atoms with Crippen molar-refractivity contribution in [3.8, 4) is 0 Å². The van der Waals surface area contributed by atoms with Crippen LogP contribution >= 0.6 is 0 Å². The third kappa shape index (κ3) is 2.96. The molecule has 0 spiro atoms. The van der Waals surface area contributed by atoms with Crippen molar-refractivity contribution in [1.29, 1.82) is 5.41 Å². The summed E-state index contributed by atoms with van der Waals surface area (Å²) in [5, 5.41) is 7.43. The van der Waals surface area contributed by atoms with Crippen LogP contribution in [0.2, 0.25) is 0 Å². The van der Waals surface area contributed by atoms with Crippen molar-refractivity contribution in [1.82, 2.24) is 4.72 Å². The molecule has 2 atom stereocenters. The number of hydrogen-bond donors (Lipinski definition) is 3. The van der Waals surface area contributed by atoms with Crippen LogP contribution in [0.25, 0.3) is 0 Å². The van der Waals surface area contributed by atoms with Crippen molar-refractivity contribution >= 4 is 15.9 Å². The number of amidine groups is 1. The van der Waals surface area contributed by atoms with Gasteiger partial charge in [-0.15, -0.1) is 0 Å².